The molecule has 1 saturated heterocycles. The molecule has 3 aromatic rings. The normalized spacial score (nSPS) is 17.8. The van der Waals surface area contributed by atoms with Crippen LogP contribution in [0.2, 0.25) is 10.0 Å². The third kappa shape index (κ3) is 4.32. The highest BCUT2D eigenvalue weighted by Gasteiger charge is 2.47. The zero-order valence-electron chi connectivity index (χ0n) is 19.8. The number of benzene rings is 3. The first-order valence-electron chi connectivity index (χ1n) is 11.3. The zero-order chi connectivity index (χ0) is 26.3. The van der Waals surface area contributed by atoms with Gasteiger partial charge in [-0.1, -0.05) is 35.3 Å². The number of aliphatic hydroxyl groups excluding tert-OH is 1. The fourth-order valence-electron chi connectivity index (χ4n) is 4.45. The number of hydrogen-bond acceptors (Lipinski definition) is 7. The van der Waals surface area contributed by atoms with Crippen molar-refractivity contribution in [1.29, 1.82) is 0 Å². The predicted molar refractivity (Wildman–Crippen MR) is 138 cm³/mol. The number of Topliss-reactive ketones (excluding diaryl/α,β-unsaturated/α-hetero) is 1. The number of rotatable bonds is 6. The fourth-order valence-corrected chi connectivity index (χ4v) is 5.02. The topological polar surface area (TPSA) is 94.5 Å². The van der Waals surface area contributed by atoms with E-state index in [4.69, 9.17) is 42.1 Å². The highest BCUT2D eigenvalue weighted by molar-refractivity contribution is 6.52. The van der Waals surface area contributed by atoms with Gasteiger partial charge in [-0.15, -0.1) is 0 Å². The molecule has 0 spiro atoms. The molecule has 1 unspecified atom stereocenters. The molecule has 2 aliphatic heterocycles. The lowest BCUT2D eigenvalue weighted by Gasteiger charge is -2.26. The van der Waals surface area contributed by atoms with E-state index >= 15 is 0 Å². The first-order chi connectivity index (χ1) is 17.8. The van der Waals surface area contributed by atoms with Crippen molar-refractivity contribution in [2.24, 2.45) is 0 Å². The number of carbonyl (C=O) groups excluding carboxylic acids is 2. The monoisotopic (exact) mass is 541 g/mol. The van der Waals surface area contributed by atoms with Gasteiger partial charge in [0.25, 0.3) is 11.7 Å². The highest BCUT2D eigenvalue weighted by atomic mass is 35.5. The van der Waals surface area contributed by atoms with Gasteiger partial charge in [0.05, 0.1) is 35.9 Å². The number of aliphatic hydroxyl groups is 1. The smallest absolute Gasteiger partial charge is 0.300 e. The maximum atomic E-state index is 13.5. The Kier molecular flexibility index (Phi) is 6.62. The SMILES string of the molecule is CCOc1ccc(C2/C(=C(\O)c3cc(Cl)cc(Cl)c3OC)C(=O)C(=O)N2c2ccc3c(c2)OCO3)cc1. The summed E-state index contributed by atoms with van der Waals surface area (Å²) >= 11 is 12.5. The lowest BCUT2D eigenvalue weighted by atomic mass is 9.94. The lowest BCUT2D eigenvalue weighted by Crippen LogP contribution is -2.29. The summed E-state index contributed by atoms with van der Waals surface area (Å²) in [6.45, 7) is 2.39. The second-order valence-electron chi connectivity index (χ2n) is 8.18. The van der Waals surface area contributed by atoms with Crippen LogP contribution in [0.3, 0.4) is 0 Å². The van der Waals surface area contributed by atoms with Crippen molar-refractivity contribution in [1.82, 2.24) is 0 Å². The zero-order valence-corrected chi connectivity index (χ0v) is 21.3. The molecule has 190 valence electrons. The Bertz CT molecular complexity index is 1440. The quantitative estimate of drug-likeness (QED) is 0.241. The molecular weight excluding hydrogens is 521 g/mol. The van der Waals surface area contributed by atoms with Gasteiger partial charge < -0.3 is 24.1 Å². The number of amides is 1. The molecule has 1 N–H and O–H groups in total. The van der Waals surface area contributed by atoms with Crippen LogP contribution in [0.4, 0.5) is 5.69 Å². The van der Waals surface area contributed by atoms with E-state index in [0.717, 1.165) is 0 Å². The molecule has 0 bridgehead atoms. The van der Waals surface area contributed by atoms with E-state index in [1.165, 1.54) is 24.1 Å². The number of ketones is 1. The van der Waals surface area contributed by atoms with Crippen LogP contribution in [-0.2, 0) is 9.59 Å². The number of methoxy groups -OCH3 is 1. The van der Waals surface area contributed by atoms with Crippen molar-refractivity contribution in [2.45, 2.75) is 13.0 Å². The summed E-state index contributed by atoms with van der Waals surface area (Å²) in [4.78, 5) is 28.2. The molecule has 0 radical (unpaired) electrons. The summed E-state index contributed by atoms with van der Waals surface area (Å²) in [7, 11) is 1.38. The largest absolute Gasteiger partial charge is 0.507 e. The average Bonchev–Trinajstić information content (AvgIpc) is 3.45. The molecule has 3 aromatic carbocycles. The lowest BCUT2D eigenvalue weighted by molar-refractivity contribution is -0.132. The minimum Gasteiger partial charge on any atom is -0.507 e. The van der Waals surface area contributed by atoms with E-state index in [0.29, 0.717) is 35.1 Å². The van der Waals surface area contributed by atoms with Crippen molar-refractivity contribution in [3.8, 4) is 23.0 Å². The summed E-state index contributed by atoms with van der Waals surface area (Å²) in [5.41, 5.74) is 0.887. The third-order valence-corrected chi connectivity index (χ3v) is 6.55. The molecule has 0 saturated carbocycles. The van der Waals surface area contributed by atoms with Crippen LogP contribution in [0.1, 0.15) is 24.1 Å². The highest BCUT2D eigenvalue weighted by Crippen LogP contribution is 2.46. The minimum atomic E-state index is -0.987. The molecule has 37 heavy (non-hydrogen) atoms. The van der Waals surface area contributed by atoms with Crippen molar-refractivity contribution in [3.05, 3.63) is 81.3 Å². The van der Waals surface area contributed by atoms with Gasteiger partial charge in [-0.25, -0.2) is 0 Å². The Morgan fingerprint density at radius 2 is 1.78 bits per heavy atom. The maximum absolute atomic E-state index is 13.5. The van der Waals surface area contributed by atoms with Crippen LogP contribution >= 0.6 is 23.2 Å². The molecule has 0 aliphatic carbocycles. The van der Waals surface area contributed by atoms with Crippen molar-refractivity contribution in [3.63, 3.8) is 0 Å². The Hall–Kier alpha value is -3.88. The summed E-state index contributed by atoms with van der Waals surface area (Å²) in [5.74, 6) is -0.484. The van der Waals surface area contributed by atoms with Crippen LogP contribution in [0, 0.1) is 0 Å². The van der Waals surface area contributed by atoms with Gasteiger partial charge in [0.2, 0.25) is 6.79 Å². The van der Waals surface area contributed by atoms with Gasteiger partial charge in [-0.2, -0.15) is 0 Å². The average molecular weight is 542 g/mol. The molecular formula is C27H21Cl2NO7. The van der Waals surface area contributed by atoms with Gasteiger partial charge in [0, 0.05) is 16.8 Å². The standard InChI is InChI=1S/C27H21Cl2NO7/c1-3-35-17-7-4-14(5-8-17)23-22(24(31)18-10-15(28)11-19(29)26(18)34-2)25(32)27(33)30(23)16-6-9-20-21(12-16)37-13-36-20/h4-12,23,31H,3,13H2,1-2H3/b24-22+. The van der Waals surface area contributed by atoms with E-state index in [1.54, 1.807) is 42.5 Å². The number of ether oxygens (including phenoxy) is 4. The molecule has 8 nitrogen and oxygen atoms in total. The Morgan fingerprint density at radius 3 is 2.49 bits per heavy atom. The minimum absolute atomic E-state index is 0.0508. The summed E-state index contributed by atoms with van der Waals surface area (Å²) in [6, 6.07) is 13.7. The van der Waals surface area contributed by atoms with Gasteiger partial charge in [-0.3, -0.25) is 14.5 Å². The number of carbonyl (C=O) groups is 2. The molecule has 2 aliphatic rings. The van der Waals surface area contributed by atoms with Crippen LogP contribution < -0.4 is 23.8 Å². The molecule has 2 heterocycles. The Labute approximate surface area is 222 Å². The summed E-state index contributed by atoms with van der Waals surface area (Å²) < 4.78 is 21.8. The molecule has 5 rings (SSSR count). The first kappa shape index (κ1) is 24.8. The number of fused-ring (bicyclic) bond motifs is 1. The van der Waals surface area contributed by atoms with E-state index in [2.05, 4.69) is 0 Å². The number of anilines is 1. The van der Waals surface area contributed by atoms with Gasteiger partial charge >= 0.3 is 0 Å². The molecule has 1 fully saturated rings. The summed E-state index contributed by atoms with van der Waals surface area (Å²) in [6.07, 6.45) is 0. The molecule has 10 heteroatoms. The van der Waals surface area contributed by atoms with Crippen LogP contribution in [0.15, 0.2) is 60.2 Å². The van der Waals surface area contributed by atoms with Crippen LogP contribution in [0.25, 0.3) is 5.76 Å². The molecule has 1 atom stereocenters. The van der Waals surface area contributed by atoms with Crippen molar-refractivity contribution in [2.75, 3.05) is 25.4 Å². The number of hydrogen-bond donors (Lipinski definition) is 1. The van der Waals surface area contributed by atoms with Crippen molar-refractivity contribution < 1.29 is 33.6 Å². The second kappa shape index (κ2) is 9.88. The number of nitrogens with zero attached hydrogens (tertiary/aromatic N) is 1. The molecule has 0 aromatic heterocycles. The molecule has 1 amide bonds. The van der Waals surface area contributed by atoms with E-state index in [-0.39, 0.29) is 33.7 Å². The predicted octanol–water partition coefficient (Wildman–Crippen LogP) is 5.76. The van der Waals surface area contributed by atoms with Crippen molar-refractivity contribution >= 4 is 46.3 Å². The first-order valence-corrected chi connectivity index (χ1v) is 12.1. The van der Waals surface area contributed by atoms with E-state index < -0.39 is 23.5 Å². The van der Waals surface area contributed by atoms with Crippen LogP contribution in [-0.4, -0.2) is 37.3 Å². The third-order valence-electron chi connectivity index (χ3n) is 6.05. The van der Waals surface area contributed by atoms with Crippen LogP contribution in [0.5, 0.6) is 23.0 Å². The number of halogens is 2. The fraction of sp³-hybridized carbons (Fsp3) is 0.185. The summed E-state index contributed by atoms with van der Waals surface area (Å²) in [5, 5.41) is 11.8. The Balaban J connectivity index is 1.72. The van der Waals surface area contributed by atoms with E-state index in [1.807, 2.05) is 6.92 Å². The second-order valence-corrected chi connectivity index (χ2v) is 9.02. The Morgan fingerprint density at radius 1 is 1.05 bits per heavy atom. The van der Waals surface area contributed by atoms with Gasteiger partial charge in [-0.05, 0) is 48.9 Å². The van der Waals surface area contributed by atoms with Gasteiger partial charge in [0.15, 0.2) is 11.5 Å². The van der Waals surface area contributed by atoms with E-state index in [9.17, 15) is 14.7 Å². The maximum Gasteiger partial charge on any atom is 0.300 e. The van der Waals surface area contributed by atoms with Gasteiger partial charge in [0.1, 0.15) is 17.3 Å².